The van der Waals surface area contributed by atoms with Gasteiger partial charge < -0.3 is 9.67 Å². The summed E-state index contributed by atoms with van der Waals surface area (Å²) in [6.45, 7) is 5.01. The van der Waals surface area contributed by atoms with Crippen LogP contribution in [0.4, 0.5) is 0 Å². The number of aromatic nitrogens is 1. The minimum Gasteiger partial charge on any atom is -0.390 e. The highest BCUT2D eigenvalue weighted by atomic mass is 35.5. The standard InChI is InChI=1S/C32H29Cl2N3O/c33-21-9-11-30-28(17-21)29-18-22(34)10-12-31(29)37(30)20-23(38)19-35-13-15-36(16-14-35)32-26-7-3-1-5-24(26)25-6-2-4-8-27(25)32/h1-12,17-18,23,32,38H,13-16,19-20H2/t23-/m0/s1. The summed E-state index contributed by atoms with van der Waals surface area (Å²) in [6, 6.07) is 29.8. The number of aliphatic hydroxyl groups is 1. The highest BCUT2D eigenvalue weighted by Crippen LogP contribution is 2.46. The highest BCUT2D eigenvalue weighted by Gasteiger charge is 2.34. The fraction of sp³-hybridized carbons (Fsp3) is 0.250. The first-order valence-electron chi connectivity index (χ1n) is 13.3. The average molecular weight is 543 g/mol. The smallest absolute Gasteiger partial charge is 0.0845 e. The molecule has 0 unspecified atom stereocenters. The highest BCUT2D eigenvalue weighted by molar-refractivity contribution is 6.33. The van der Waals surface area contributed by atoms with Gasteiger partial charge in [-0.15, -0.1) is 0 Å². The van der Waals surface area contributed by atoms with Crippen LogP contribution in [-0.2, 0) is 6.54 Å². The molecule has 192 valence electrons. The Kier molecular flexibility index (Phi) is 6.18. The number of aliphatic hydroxyl groups excluding tert-OH is 1. The molecule has 38 heavy (non-hydrogen) atoms. The Balaban J connectivity index is 1.07. The average Bonchev–Trinajstić information content (AvgIpc) is 3.41. The van der Waals surface area contributed by atoms with Gasteiger partial charge in [-0.2, -0.15) is 0 Å². The van der Waals surface area contributed by atoms with Crippen LogP contribution in [-0.4, -0.2) is 58.3 Å². The van der Waals surface area contributed by atoms with Crippen molar-refractivity contribution in [1.82, 2.24) is 14.4 Å². The molecule has 1 aliphatic carbocycles. The van der Waals surface area contributed by atoms with Gasteiger partial charge in [0, 0.05) is 64.6 Å². The molecule has 1 aliphatic heterocycles. The molecule has 1 fully saturated rings. The van der Waals surface area contributed by atoms with E-state index in [1.54, 1.807) is 0 Å². The normalized spacial score (nSPS) is 17.2. The maximum atomic E-state index is 11.2. The van der Waals surface area contributed by atoms with Gasteiger partial charge in [-0.25, -0.2) is 0 Å². The van der Waals surface area contributed by atoms with Crippen LogP contribution in [0, 0.1) is 0 Å². The molecule has 5 aromatic rings. The second-order valence-corrected chi connectivity index (χ2v) is 11.4. The Morgan fingerprint density at radius 1 is 0.684 bits per heavy atom. The summed E-state index contributed by atoms with van der Waals surface area (Å²) in [5.74, 6) is 0. The van der Waals surface area contributed by atoms with E-state index < -0.39 is 6.10 Å². The lowest BCUT2D eigenvalue weighted by molar-refractivity contribution is 0.0571. The van der Waals surface area contributed by atoms with E-state index in [-0.39, 0.29) is 0 Å². The van der Waals surface area contributed by atoms with Gasteiger partial charge in [0.1, 0.15) is 0 Å². The Morgan fingerprint density at radius 3 is 1.76 bits per heavy atom. The van der Waals surface area contributed by atoms with Gasteiger partial charge in [0.2, 0.25) is 0 Å². The van der Waals surface area contributed by atoms with Crippen molar-refractivity contribution in [1.29, 1.82) is 0 Å². The number of benzene rings is 4. The second-order valence-electron chi connectivity index (χ2n) is 10.5. The SMILES string of the molecule is O[C@@H](CN1CCN(C2c3ccccc3-c3ccccc32)CC1)Cn1c2ccc(Cl)cc2c2cc(Cl)ccc21. The first-order chi connectivity index (χ1) is 18.6. The van der Waals surface area contributed by atoms with Gasteiger partial charge in [0.05, 0.1) is 18.7 Å². The van der Waals surface area contributed by atoms with Gasteiger partial charge >= 0.3 is 0 Å². The van der Waals surface area contributed by atoms with Crippen molar-refractivity contribution < 1.29 is 5.11 Å². The van der Waals surface area contributed by atoms with Crippen LogP contribution < -0.4 is 0 Å². The molecule has 1 saturated heterocycles. The van der Waals surface area contributed by atoms with Crippen LogP contribution in [0.3, 0.4) is 0 Å². The molecule has 4 aromatic carbocycles. The predicted molar refractivity (Wildman–Crippen MR) is 157 cm³/mol. The zero-order valence-electron chi connectivity index (χ0n) is 21.0. The van der Waals surface area contributed by atoms with Gasteiger partial charge in [0.25, 0.3) is 0 Å². The van der Waals surface area contributed by atoms with E-state index in [0.29, 0.717) is 29.2 Å². The fourth-order valence-corrected chi connectivity index (χ4v) is 6.88. The van der Waals surface area contributed by atoms with E-state index in [9.17, 15) is 5.11 Å². The summed E-state index contributed by atoms with van der Waals surface area (Å²) in [4.78, 5) is 5.00. The zero-order chi connectivity index (χ0) is 25.8. The molecule has 1 aromatic heterocycles. The fourth-order valence-electron chi connectivity index (χ4n) is 6.54. The van der Waals surface area contributed by atoms with Crippen LogP contribution in [0.2, 0.25) is 10.0 Å². The first kappa shape index (κ1) is 24.2. The summed E-state index contributed by atoms with van der Waals surface area (Å²) >= 11 is 12.6. The Morgan fingerprint density at radius 2 is 1.21 bits per heavy atom. The number of halogens is 2. The molecular formula is C32H29Cl2N3O. The summed E-state index contributed by atoms with van der Waals surface area (Å²) in [5.41, 5.74) is 7.67. The minimum absolute atomic E-state index is 0.311. The molecule has 0 spiro atoms. The molecule has 0 amide bonds. The number of nitrogens with zero attached hydrogens (tertiary/aromatic N) is 3. The molecule has 2 aliphatic rings. The third kappa shape index (κ3) is 4.12. The zero-order valence-corrected chi connectivity index (χ0v) is 22.5. The number of hydrogen-bond donors (Lipinski definition) is 1. The second kappa shape index (κ2) is 9.71. The van der Waals surface area contributed by atoms with E-state index in [4.69, 9.17) is 23.2 Å². The molecule has 0 bridgehead atoms. The third-order valence-electron chi connectivity index (χ3n) is 8.22. The van der Waals surface area contributed by atoms with Crippen LogP contribution in [0.5, 0.6) is 0 Å². The number of hydrogen-bond acceptors (Lipinski definition) is 3. The molecule has 2 heterocycles. The van der Waals surface area contributed by atoms with E-state index in [1.165, 1.54) is 22.3 Å². The van der Waals surface area contributed by atoms with Crippen molar-refractivity contribution in [2.45, 2.75) is 18.7 Å². The summed E-state index contributed by atoms with van der Waals surface area (Å²) in [5, 5.41) is 14.7. The molecule has 0 radical (unpaired) electrons. The Bertz CT molecular complexity index is 1550. The van der Waals surface area contributed by atoms with Gasteiger partial charge in [-0.3, -0.25) is 9.80 Å². The monoisotopic (exact) mass is 541 g/mol. The van der Waals surface area contributed by atoms with Crippen LogP contribution in [0.1, 0.15) is 17.2 Å². The van der Waals surface area contributed by atoms with Crippen molar-refractivity contribution in [2.24, 2.45) is 0 Å². The van der Waals surface area contributed by atoms with E-state index in [0.717, 1.165) is 48.0 Å². The number of β-amino-alcohol motifs (C(OH)–C–C–N with tert-alkyl or cyclic N) is 1. The molecule has 1 atom stereocenters. The third-order valence-corrected chi connectivity index (χ3v) is 8.69. The molecule has 4 nitrogen and oxygen atoms in total. The van der Waals surface area contributed by atoms with Crippen LogP contribution in [0.25, 0.3) is 32.9 Å². The van der Waals surface area contributed by atoms with E-state index in [2.05, 4.69) is 62.9 Å². The lowest BCUT2D eigenvalue weighted by Gasteiger charge is -2.39. The molecule has 0 saturated carbocycles. The minimum atomic E-state index is -0.486. The van der Waals surface area contributed by atoms with Crippen molar-refractivity contribution in [3.63, 3.8) is 0 Å². The number of fused-ring (bicyclic) bond motifs is 6. The molecule has 6 heteroatoms. The van der Waals surface area contributed by atoms with Crippen LogP contribution in [0.15, 0.2) is 84.9 Å². The number of rotatable bonds is 5. The van der Waals surface area contributed by atoms with E-state index >= 15 is 0 Å². The predicted octanol–water partition coefficient (Wildman–Crippen LogP) is 6.85. The topological polar surface area (TPSA) is 31.6 Å². The summed E-state index contributed by atoms with van der Waals surface area (Å²) in [7, 11) is 0. The van der Waals surface area contributed by atoms with Gasteiger partial charge in [-0.1, -0.05) is 71.7 Å². The molecular weight excluding hydrogens is 513 g/mol. The van der Waals surface area contributed by atoms with E-state index in [1.807, 2.05) is 36.4 Å². The largest absolute Gasteiger partial charge is 0.390 e. The summed E-state index contributed by atoms with van der Waals surface area (Å²) < 4.78 is 2.20. The lowest BCUT2D eigenvalue weighted by Crippen LogP contribution is -2.49. The molecule has 7 rings (SSSR count). The maximum absolute atomic E-state index is 11.2. The van der Waals surface area contributed by atoms with Crippen molar-refractivity contribution >= 4 is 45.0 Å². The first-order valence-corrected chi connectivity index (χ1v) is 14.0. The van der Waals surface area contributed by atoms with Crippen molar-refractivity contribution in [2.75, 3.05) is 32.7 Å². The number of piperazine rings is 1. The maximum Gasteiger partial charge on any atom is 0.0845 e. The molecule has 1 N–H and O–H groups in total. The van der Waals surface area contributed by atoms with Crippen molar-refractivity contribution in [3.8, 4) is 11.1 Å². The van der Waals surface area contributed by atoms with Crippen LogP contribution >= 0.6 is 23.2 Å². The quantitative estimate of drug-likeness (QED) is 0.264. The summed E-state index contributed by atoms with van der Waals surface area (Å²) in [6.07, 6.45) is -0.486. The Labute approximate surface area is 232 Å². The van der Waals surface area contributed by atoms with Gasteiger partial charge in [0.15, 0.2) is 0 Å². The Hall–Kier alpha value is -2.86. The van der Waals surface area contributed by atoms with Crippen molar-refractivity contribution in [3.05, 3.63) is 106 Å². The van der Waals surface area contributed by atoms with Gasteiger partial charge in [-0.05, 0) is 58.7 Å². The lowest BCUT2D eigenvalue weighted by atomic mass is 10.0.